The van der Waals surface area contributed by atoms with Crippen molar-refractivity contribution in [2.75, 3.05) is 0 Å². The molecule has 0 aromatic heterocycles. The Hall–Kier alpha value is -0.410. The summed E-state index contributed by atoms with van der Waals surface area (Å²) in [5.74, 6) is 2.13. The number of hydrogen-bond acceptors (Lipinski definition) is 3. The van der Waals surface area contributed by atoms with E-state index in [2.05, 4.69) is 13.8 Å². The largest absolute Gasteiger partial charge is 0.393 e. The third kappa shape index (κ3) is 1.84. The maximum atomic E-state index is 12.4. The van der Waals surface area contributed by atoms with Gasteiger partial charge in [-0.25, -0.2) is 0 Å². The van der Waals surface area contributed by atoms with Crippen molar-refractivity contribution >= 4 is 5.78 Å². The summed E-state index contributed by atoms with van der Waals surface area (Å²) in [6.45, 7) is 4.57. The van der Waals surface area contributed by atoms with Crippen LogP contribution in [-0.2, 0) is 4.79 Å². The van der Waals surface area contributed by atoms with Crippen LogP contribution in [0.25, 0.3) is 0 Å². The van der Waals surface area contributed by atoms with Gasteiger partial charge < -0.3 is 10.2 Å². The van der Waals surface area contributed by atoms with Crippen molar-refractivity contribution in [2.24, 2.45) is 34.5 Å². The number of fused-ring (bicyclic) bond motifs is 5. The Morgan fingerprint density at radius 2 is 1.77 bits per heavy atom. The molecule has 0 saturated heterocycles. The Morgan fingerprint density at radius 3 is 2.55 bits per heavy atom. The molecule has 4 fully saturated rings. The van der Waals surface area contributed by atoms with Crippen LogP contribution in [0.4, 0.5) is 0 Å². The van der Waals surface area contributed by atoms with Gasteiger partial charge in [-0.05, 0) is 74.0 Å². The molecule has 3 nitrogen and oxygen atoms in total. The summed E-state index contributed by atoms with van der Waals surface area (Å²) in [6, 6.07) is 0. The number of aliphatic hydroxyl groups excluding tert-OH is 2. The van der Waals surface area contributed by atoms with Crippen molar-refractivity contribution in [1.29, 1.82) is 0 Å². The predicted molar refractivity (Wildman–Crippen MR) is 84.1 cm³/mol. The molecule has 4 saturated carbocycles. The van der Waals surface area contributed by atoms with Gasteiger partial charge in [0.25, 0.3) is 0 Å². The van der Waals surface area contributed by atoms with Gasteiger partial charge in [-0.2, -0.15) is 0 Å². The average Bonchev–Trinajstić information content (AvgIpc) is 2.77. The fraction of sp³-hybridized carbons (Fsp3) is 0.947. The van der Waals surface area contributed by atoms with E-state index in [1.807, 2.05) is 0 Å². The summed E-state index contributed by atoms with van der Waals surface area (Å²) < 4.78 is 0. The van der Waals surface area contributed by atoms with Crippen molar-refractivity contribution < 1.29 is 15.0 Å². The maximum Gasteiger partial charge on any atom is 0.139 e. The molecule has 4 aliphatic carbocycles. The zero-order valence-electron chi connectivity index (χ0n) is 13.9. The van der Waals surface area contributed by atoms with E-state index in [0.717, 1.165) is 51.4 Å². The Morgan fingerprint density at radius 1 is 1.00 bits per heavy atom. The second kappa shape index (κ2) is 4.80. The Labute approximate surface area is 133 Å². The number of rotatable bonds is 0. The lowest BCUT2D eigenvalue weighted by atomic mass is 9.44. The summed E-state index contributed by atoms with van der Waals surface area (Å²) in [7, 11) is 0. The van der Waals surface area contributed by atoms with Crippen LogP contribution in [0.2, 0.25) is 0 Å². The molecule has 3 unspecified atom stereocenters. The van der Waals surface area contributed by atoms with Crippen LogP contribution in [0.5, 0.6) is 0 Å². The van der Waals surface area contributed by atoms with E-state index in [4.69, 9.17) is 0 Å². The molecule has 4 aliphatic rings. The van der Waals surface area contributed by atoms with Gasteiger partial charge >= 0.3 is 0 Å². The van der Waals surface area contributed by atoms with E-state index in [1.54, 1.807) is 0 Å². The van der Waals surface area contributed by atoms with Crippen LogP contribution in [0, 0.1) is 34.5 Å². The molecule has 0 heterocycles. The minimum atomic E-state index is -0.274. The van der Waals surface area contributed by atoms with Gasteiger partial charge in [0.2, 0.25) is 0 Å². The van der Waals surface area contributed by atoms with Gasteiger partial charge in [-0.15, -0.1) is 0 Å². The van der Waals surface area contributed by atoms with Crippen molar-refractivity contribution in [3.63, 3.8) is 0 Å². The van der Waals surface area contributed by atoms with Gasteiger partial charge in [0, 0.05) is 11.8 Å². The molecular weight excluding hydrogens is 276 g/mol. The Kier molecular flexibility index (Phi) is 3.30. The lowest BCUT2D eigenvalue weighted by molar-refractivity contribution is -0.171. The Balaban J connectivity index is 1.69. The smallest absolute Gasteiger partial charge is 0.139 e. The molecule has 0 radical (unpaired) electrons. The van der Waals surface area contributed by atoms with E-state index in [0.29, 0.717) is 29.5 Å². The SMILES string of the molecule is C[C@]12CCC3C(C1CCC2=O)[C@H](O)C[C@H]1C[C@@H](O)CC[C@]31C. The molecule has 3 heteroatoms. The Bertz CT molecular complexity index is 489. The van der Waals surface area contributed by atoms with Crippen LogP contribution < -0.4 is 0 Å². The van der Waals surface area contributed by atoms with Crippen molar-refractivity contribution in [2.45, 2.75) is 77.4 Å². The van der Waals surface area contributed by atoms with Gasteiger partial charge in [-0.1, -0.05) is 13.8 Å². The van der Waals surface area contributed by atoms with Gasteiger partial charge in [-0.3, -0.25) is 4.79 Å². The van der Waals surface area contributed by atoms with Crippen molar-refractivity contribution in [1.82, 2.24) is 0 Å². The quantitative estimate of drug-likeness (QED) is 0.723. The number of aliphatic hydroxyl groups is 2. The first-order valence-electron chi connectivity index (χ1n) is 9.25. The van der Waals surface area contributed by atoms with Crippen LogP contribution in [0.1, 0.15) is 65.2 Å². The lowest BCUT2D eigenvalue weighted by Gasteiger charge is -2.61. The summed E-state index contributed by atoms with van der Waals surface area (Å²) in [6.07, 6.45) is 7.03. The zero-order valence-corrected chi connectivity index (χ0v) is 13.9. The summed E-state index contributed by atoms with van der Waals surface area (Å²) >= 11 is 0. The second-order valence-corrected chi connectivity index (χ2v) is 9.14. The van der Waals surface area contributed by atoms with E-state index >= 15 is 0 Å². The molecular formula is C19H30O3. The molecule has 0 spiro atoms. The summed E-state index contributed by atoms with van der Waals surface area (Å²) in [5.41, 5.74) is 0.0929. The van der Waals surface area contributed by atoms with E-state index < -0.39 is 0 Å². The molecule has 22 heavy (non-hydrogen) atoms. The molecule has 2 N–H and O–H groups in total. The number of Topliss-reactive ketones (excluding diaryl/α,β-unsaturated/α-hetero) is 1. The van der Waals surface area contributed by atoms with E-state index in [-0.39, 0.29) is 23.0 Å². The van der Waals surface area contributed by atoms with Crippen molar-refractivity contribution in [3.05, 3.63) is 0 Å². The highest BCUT2D eigenvalue weighted by Gasteiger charge is 2.62. The molecule has 0 aromatic carbocycles. The van der Waals surface area contributed by atoms with E-state index in [1.165, 1.54) is 0 Å². The molecule has 124 valence electrons. The molecule has 4 rings (SSSR count). The first-order chi connectivity index (χ1) is 10.4. The lowest BCUT2D eigenvalue weighted by Crippen LogP contribution is -2.58. The van der Waals surface area contributed by atoms with Crippen LogP contribution in [0.15, 0.2) is 0 Å². The van der Waals surface area contributed by atoms with Crippen LogP contribution >= 0.6 is 0 Å². The number of carbonyl (C=O) groups is 1. The number of hydrogen-bond donors (Lipinski definition) is 2. The minimum Gasteiger partial charge on any atom is -0.393 e. The first-order valence-corrected chi connectivity index (χ1v) is 9.25. The zero-order chi connectivity index (χ0) is 15.7. The average molecular weight is 306 g/mol. The van der Waals surface area contributed by atoms with E-state index in [9.17, 15) is 15.0 Å². The third-order valence-corrected chi connectivity index (χ3v) is 8.36. The second-order valence-electron chi connectivity index (χ2n) is 9.14. The van der Waals surface area contributed by atoms with Gasteiger partial charge in [0.15, 0.2) is 0 Å². The monoisotopic (exact) mass is 306 g/mol. The maximum absolute atomic E-state index is 12.4. The number of carbonyl (C=O) groups excluding carboxylic acids is 1. The fourth-order valence-electron chi connectivity index (χ4n) is 6.97. The van der Waals surface area contributed by atoms with Gasteiger partial charge in [0.1, 0.15) is 5.78 Å². The molecule has 8 atom stereocenters. The molecule has 0 amide bonds. The minimum absolute atomic E-state index is 0.167. The molecule has 0 aliphatic heterocycles. The topological polar surface area (TPSA) is 57.5 Å². The van der Waals surface area contributed by atoms with Crippen molar-refractivity contribution in [3.8, 4) is 0 Å². The van der Waals surface area contributed by atoms with Crippen LogP contribution in [0.3, 0.4) is 0 Å². The highest BCUT2D eigenvalue weighted by atomic mass is 16.3. The normalized spacial score (nSPS) is 57.9. The molecule has 0 bridgehead atoms. The highest BCUT2D eigenvalue weighted by Crippen LogP contribution is 2.65. The van der Waals surface area contributed by atoms with Crippen LogP contribution in [-0.4, -0.2) is 28.2 Å². The highest BCUT2D eigenvalue weighted by molar-refractivity contribution is 5.87. The standard InChI is InChI=1S/C19H30O3/c1-18-7-5-12(20)9-11(18)10-15(21)17-13-3-4-16(22)19(13,2)8-6-14(17)18/h11-15,17,20-21H,3-10H2,1-2H3/t11-,12+,13?,14?,15-,17?,18+,19+/m1/s1. The van der Waals surface area contributed by atoms with Gasteiger partial charge in [0.05, 0.1) is 12.2 Å². The third-order valence-electron chi connectivity index (χ3n) is 8.36. The first kappa shape index (κ1) is 15.1. The summed E-state index contributed by atoms with van der Waals surface area (Å²) in [4.78, 5) is 12.4. The molecule has 0 aromatic rings. The number of ketones is 1. The fourth-order valence-corrected chi connectivity index (χ4v) is 6.97. The summed E-state index contributed by atoms with van der Waals surface area (Å²) in [5, 5.41) is 20.9. The predicted octanol–water partition coefficient (Wildman–Crippen LogP) is 2.93.